The van der Waals surface area contributed by atoms with Crippen LogP contribution in [0.2, 0.25) is 0 Å². The number of ether oxygens (including phenoxy) is 1. The molecule has 0 saturated carbocycles. The molecule has 1 amide bonds. The number of hydrogen-bond acceptors (Lipinski definition) is 4. The predicted molar refractivity (Wildman–Crippen MR) is 76.7 cm³/mol. The summed E-state index contributed by atoms with van der Waals surface area (Å²) in [5.74, 6) is -0.936. The Balaban J connectivity index is 2.56. The van der Waals surface area contributed by atoms with E-state index in [0.717, 1.165) is 10.9 Å². The molecule has 0 radical (unpaired) electrons. The number of nitrogens with one attached hydrogen (secondary N) is 1. The van der Waals surface area contributed by atoms with E-state index in [9.17, 15) is 9.59 Å². The molecule has 0 unspecified atom stereocenters. The van der Waals surface area contributed by atoms with Gasteiger partial charge in [-0.1, -0.05) is 22.9 Å². The number of esters is 1. The zero-order valence-electron chi connectivity index (χ0n) is 10.9. The summed E-state index contributed by atoms with van der Waals surface area (Å²) in [5, 5.41) is 2.71. The van der Waals surface area contributed by atoms with Gasteiger partial charge >= 0.3 is 5.97 Å². The SMILES string of the molecule is CC[C@@H](C)NC(=O)COC(=O)c1cc(Br)ccc1N. The minimum absolute atomic E-state index is 0.0575. The zero-order chi connectivity index (χ0) is 14.4. The maximum Gasteiger partial charge on any atom is 0.340 e. The van der Waals surface area contributed by atoms with Crippen molar-refractivity contribution in [2.45, 2.75) is 26.3 Å². The molecule has 19 heavy (non-hydrogen) atoms. The van der Waals surface area contributed by atoms with Crippen LogP contribution in [0, 0.1) is 0 Å². The Bertz CT molecular complexity index is 477. The molecule has 0 heterocycles. The molecule has 0 spiro atoms. The van der Waals surface area contributed by atoms with Gasteiger partial charge in [-0.2, -0.15) is 0 Å². The van der Waals surface area contributed by atoms with Gasteiger partial charge in [0.1, 0.15) is 0 Å². The second kappa shape index (κ2) is 7.13. The molecule has 6 heteroatoms. The summed E-state index contributed by atoms with van der Waals surface area (Å²) in [6, 6.07) is 4.94. The topological polar surface area (TPSA) is 81.4 Å². The highest BCUT2D eigenvalue weighted by Gasteiger charge is 2.14. The van der Waals surface area contributed by atoms with E-state index >= 15 is 0 Å². The summed E-state index contributed by atoms with van der Waals surface area (Å²) >= 11 is 3.24. The Morgan fingerprint density at radius 1 is 1.47 bits per heavy atom. The predicted octanol–water partition coefficient (Wildman–Crippen LogP) is 2.10. The second-order valence-corrected chi connectivity index (χ2v) is 5.10. The third kappa shape index (κ3) is 4.90. The fourth-order valence-electron chi connectivity index (χ4n) is 1.33. The molecule has 3 N–H and O–H groups in total. The van der Waals surface area contributed by atoms with Crippen molar-refractivity contribution in [3.63, 3.8) is 0 Å². The maximum atomic E-state index is 11.8. The lowest BCUT2D eigenvalue weighted by Crippen LogP contribution is -2.35. The first kappa shape index (κ1) is 15.5. The summed E-state index contributed by atoms with van der Waals surface area (Å²) < 4.78 is 5.64. The van der Waals surface area contributed by atoms with Gasteiger partial charge in [-0.15, -0.1) is 0 Å². The third-order valence-corrected chi connectivity index (χ3v) is 3.08. The number of hydrogen-bond donors (Lipinski definition) is 2. The maximum absolute atomic E-state index is 11.8. The van der Waals surface area contributed by atoms with Crippen molar-refractivity contribution in [3.8, 4) is 0 Å². The Labute approximate surface area is 120 Å². The Hall–Kier alpha value is -1.56. The molecule has 1 aromatic rings. The normalized spacial score (nSPS) is 11.7. The van der Waals surface area contributed by atoms with E-state index in [1.54, 1.807) is 18.2 Å². The summed E-state index contributed by atoms with van der Waals surface area (Å²) in [7, 11) is 0. The summed E-state index contributed by atoms with van der Waals surface area (Å²) in [5.41, 5.74) is 6.23. The molecular weight excluding hydrogens is 312 g/mol. The van der Waals surface area contributed by atoms with E-state index in [4.69, 9.17) is 10.5 Å². The average molecular weight is 329 g/mol. The molecule has 104 valence electrons. The van der Waals surface area contributed by atoms with Crippen molar-refractivity contribution < 1.29 is 14.3 Å². The number of amides is 1. The first-order valence-corrected chi connectivity index (χ1v) is 6.74. The van der Waals surface area contributed by atoms with E-state index in [1.807, 2.05) is 13.8 Å². The van der Waals surface area contributed by atoms with E-state index in [-0.39, 0.29) is 24.1 Å². The van der Waals surface area contributed by atoms with Gasteiger partial charge in [0, 0.05) is 16.2 Å². The number of nitrogens with two attached hydrogens (primary N) is 1. The number of rotatable bonds is 5. The van der Waals surface area contributed by atoms with Crippen LogP contribution in [0.25, 0.3) is 0 Å². The molecule has 1 atom stereocenters. The molecule has 0 aliphatic heterocycles. The summed E-state index contributed by atoms with van der Waals surface area (Å²) in [6.45, 7) is 3.53. The van der Waals surface area contributed by atoms with Gasteiger partial charge in [-0.05, 0) is 31.5 Å². The fraction of sp³-hybridized carbons (Fsp3) is 0.385. The van der Waals surface area contributed by atoms with E-state index in [0.29, 0.717) is 5.69 Å². The van der Waals surface area contributed by atoms with Gasteiger partial charge in [-0.3, -0.25) is 4.79 Å². The van der Waals surface area contributed by atoms with Crippen molar-refractivity contribution in [1.29, 1.82) is 0 Å². The number of halogens is 1. The van der Waals surface area contributed by atoms with Gasteiger partial charge in [0.05, 0.1) is 5.56 Å². The quantitative estimate of drug-likeness (QED) is 0.640. The van der Waals surface area contributed by atoms with Crippen molar-refractivity contribution in [2.75, 3.05) is 12.3 Å². The second-order valence-electron chi connectivity index (χ2n) is 4.18. The molecule has 0 fully saturated rings. The van der Waals surface area contributed by atoms with Crippen LogP contribution in [0.4, 0.5) is 5.69 Å². The van der Waals surface area contributed by atoms with Crippen molar-refractivity contribution >= 4 is 33.5 Å². The smallest absolute Gasteiger partial charge is 0.340 e. The Kier molecular flexibility index (Phi) is 5.82. The van der Waals surface area contributed by atoms with Crippen LogP contribution in [0.1, 0.15) is 30.6 Å². The molecule has 0 saturated heterocycles. The molecule has 0 aromatic heterocycles. The molecule has 1 rings (SSSR count). The van der Waals surface area contributed by atoms with Gasteiger partial charge in [0.2, 0.25) is 0 Å². The lowest BCUT2D eigenvalue weighted by Gasteiger charge is -2.12. The largest absolute Gasteiger partial charge is 0.452 e. The number of benzene rings is 1. The van der Waals surface area contributed by atoms with Crippen molar-refractivity contribution in [1.82, 2.24) is 5.32 Å². The molecule has 5 nitrogen and oxygen atoms in total. The highest BCUT2D eigenvalue weighted by atomic mass is 79.9. The minimum Gasteiger partial charge on any atom is -0.452 e. The van der Waals surface area contributed by atoms with Gasteiger partial charge in [0.25, 0.3) is 5.91 Å². The number of carbonyl (C=O) groups excluding carboxylic acids is 2. The number of carbonyl (C=O) groups is 2. The van der Waals surface area contributed by atoms with Crippen LogP contribution >= 0.6 is 15.9 Å². The summed E-state index contributed by atoms with van der Waals surface area (Å²) in [4.78, 5) is 23.2. The van der Waals surface area contributed by atoms with Crippen LogP contribution in [0.3, 0.4) is 0 Å². The van der Waals surface area contributed by atoms with Crippen molar-refractivity contribution in [2.24, 2.45) is 0 Å². The Morgan fingerprint density at radius 2 is 2.16 bits per heavy atom. The molecule has 0 aliphatic carbocycles. The van der Waals surface area contributed by atoms with Gasteiger partial charge in [-0.25, -0.2) is 4.79 Å². The highest BCUT2D eigenvalue weighted by Crippen LogP contribution is 2.19. The minimum atomic E-state index is -0.613. The molecule has 0 bridgehead atoms. The van der Waals surface area contributed by atoms with Crippen LogP contribution in [0.5, 0.6) is 0 Å². The number of anilines is 1. The fourth-order valence-corrected chi connectivity index (χ4v) is 1.69. The zero-order valence-corrected chi connectivity index (χ0v) is 12.5. The Morgan fingerprint density at radius 3 is 2.79 bits per heavy atom. The lowest BCUT2D eigenvalue weighted by molar-refractivity contribution is -0.124. The van der Waals surface area contributed by atoms with Crippen molar-refractivity contribution in [3.05, 3.63) is 28.2 Å². The third-order valence-electron chi connectivity index (χ3n) is 2.59. The number of nitrogen functional groups attached to an aromatic ring is 1. The van der Waals surface area contributed by atoms with Crippen LogP contribution in [-0.2, 0) is 9.53 Å². The van der Waals surface area contributed by atoms with Gasteiger partial charge < -0.3 is 15.8 Å². The highest BCUT2D eigenvalue weighted by molar-refractivity contribution is 9.10. The van der Waals surface area contributed by atoms with Gasteiger partial charge in [0.15, 0.2) is 6.61 Å². The monoisotopic (exact) mass is 328 g/mol. The van der Waals surface area contributed by atoms with E-state index < -0.39 is 5.97 Å². The lowest BCUT2D eigenvalue weighted by atomic mass is 10.2. The first-order chi connectivity index (χ1) is 8.93. The standard InChI is InChI=1S/C13H17BrN2O3/c1-3-8(2)16-12(17)7-19-13(18)10-6-9(14)4-5-11(10)15/h4-6,8H,3,7,15H2,1-2H3,(H,16,17)/t8-/m1/s1. The average Bonchev–Trinajstić information content (AvgIpc) is 2.38. The van der Waals surface area contributed by atoms with Crippen LogP contribution in [0.15, 0.2) is 22.7 Å². The molecule has 1 aromatic carbocycles. The molecular formula is C13H17BrN2O3. The van der Waals surface area contributed by atoms with E-state index in [1.165, 1.54) is 0 Å². The first-order valence-electron chi connectivity index (χ1n) is 5.95. The van der Waals surface area contributed by atoms with E-state index in [2.05, 4.69) is 21.2 Å². The van der Waals surface area contributed by atoms with Crippen LogP contribution < -0.4 is 11.1 Å². The summed E-state index contributed by atoms with van der Waals surface area (Å²) in [6.07, 6.45) is 0.818. The van der Waals surface area contributed by atoms with Crippen LogP contribution in [-0.4, -0.2) is 24.5 Å². The molecule has 0 aliphatic rings.